The first kappa shape index (κ1) is 20.4. The van der Waals surface area contributed by atoms with Crippen LogP contribution in [-0.4, -0.2) is 36.2 Å². The zero-order valence-corrected chi connectivity index (χ0v) is 17.3. The molecular weight excluding hydrogens is 396 g/mol. The van der Waals surface area contributed by atoms with Crippen molar-refractivity contribution in [3.05, 3.63) is 71.9 Å². The van der Waals surface area contributed by atoms with E-state index in [0.29, 0.717) is 41.7 Å². The molecular formula is C24H22N2O5. The Balaban J connectivity index is 1.40. The lowest BCUT2D eigenvalue weighted by Gasteiger charge is -2.19. The van der Waals surface area contributed by atoms with Crippen molar-refractivity contribution in [1.82, 2.24) is 4.98 Å². The van der Waals surface area contributed by atoms with Crippen LogP contribution in [0.15, 0.2) is 60.7 Å². The quantitative estimate of drug-likeness (QED) is 0.630. The predicted molar refractivity (Wildman–Crippen MR) is 115 cm³/mol. The second-order valence-electron chi connectivity index (χ2n) is 7.09. The molecule has 7 heteroatoms. The van der Waals surface area contributed by atoms with Crippen LogP contribution < -0.4 is 14.8 Å². The molecule has 0 saturated heterocycles. The fraction of sp³-hybridized carbons (Fsp3) is 0.208. The summed E-state index contributed by atoms with van der Waals surface area (Å²) in [5, 5.41) is 2.73. The molecule has 0 bridgehead atoms. The Morgan fingerprint density at radius 2 is 1.74 bits per heavy atom. The minimum Gasteiger partial charge on any atom is -0.486 e. The predicted octanol–water partition coefficient (Wildman–Crippen LogP) is 4.01. The maximum Gasteiger partial charge on any atom is 0.340 e. The van der Waals surface area contributed by atoms with Crippen molar-refractivity contribution >= 4 is 17.6 Å². The summed E-state index contributed by atoms with van der Waals surface area (Å²) in [5.41, 5.74) is 3.10. The van der Waals surface area contributed by atoms with Gasteiger partial charge in [0.05, 0.1) is 17.0 Å². The number of ether oxygens (including phenoxy) is 3. The monoisotopic (exact) mass is 418 g/mol. The lowest BCUT2D eigenvalue weighted by Crippen LogP contribution is -2.30. The molecule has 1 aliphatic heterocycles. The van der Waals surface area contributed by atoms with Gasteiger partial charge in [-0.1, -0.05) is 30.3 Å². The van der Waals surface area contributed by atoms with E-state index in [4.69, 9.17) is 14.2 Å². The van der Waals surface area contributed by atoms with Crippen LogP contribution in [0.5, 0.6) is 11.5 Å². The van der Waals surface area contributed by atoms with Crippen molar-refractivity contribution in [3.8, 4) is 22.8 Å². The van der Waals surface area contributed by atoms with Crippen LogP contribution in [0.3, 0.4) is 0 Å². The molecule has 2 aromatic carbocycles. The van der Waals surface area contributed by atoms with E-state index in [2.05, 4.69) is 10.3 Å². The highest BCUT2D eigenvalue weighted by Gasteiger charge is 2.22. The van der Waals surface area contributed by atoms with Crippen molar-refractivity contribution in [1.29, 1.82) is 0 Å². The second kappa shape index (κ2) is 8.87. The molecule has 1 unspecified atom stereocenters. The molecule has 1 aliphatic rings. The molecule has 7 nitrogen and oxygen atoms in total. The Labute approximate surface area is 180 Å². The van der Waals surface area contributed by atoms with E-state index in [1.165, 1.54) is 6.92 Å². The van der Waals surface area contributed by atoms with Gasteiger partial charge < -0.3 is 19.5 Å². The molecule has 3 aromatic rings. The molecule has 0 fully saturated rings. The third-order valence-electron chi connectivity index (χ3n) is 4.84. The Morgan fingerprint density at radius 3 is 2.48 bits per heavy atom. The first-order valence-electron chi connectivity index (χ1n) is 9.96. The van der Waals surface area contributed by atoms with Gasteiger partial charge in [-0.25, -0.2) is 4.79 Å². The van der Waals surface area contributed by atoms with E-state index in [9.17, 15) is 9.59 Å². The second-order valence-corrected chi connectivity index (χ2v) is 7.09. The summed E-state index contributed by atoms with van der Waals surface area (Å²) in [6.07, 6.45) is -0.992. The normalized spacial score (nSPS) is 13.2. The first-order valence-corrected chi connectivity index (χ1v) is 9.96. The number of esters is 1. The molecule has 0 saturated carbocycles. The number of amides is 1. The summed E-state index contributed by atoms with van der Waals surface area (Å²) >= 11 is 0. The van der Waals surface area contributed by atoms with Crippen LogP contribution in [0.2, 0.25) is 0 Å². The highest BCUT2D eigenvalue weighted by Crippen LogP contribution is 2.32. The number of hydrogen-bond acceptors (Lipinski definition) is 6. The van der Waals surface area contributed by atoms with Crippen LogP contribution in [0, 0.1) is 6.92 Å². The Kier molecular flexibility index (Phi) is 5.84. The van der Waals surface area contributed by atoms with Crippen LogP contribution in [-0.2, 0) is 9.53 Å². The largest absolute Gasteiger partial charge is 0.486 e. The number of aromatic nitrogens is 1. The van der Waals surface area contributed by atoms with Crippen molar-refractivity contribution in [2.45, 2.75) is 20.0 Å². The molecule has 0 spiro atoms. The number of pyridine rings is 1. The number of rotatable bonds is 5. The number of aryl methyl sites for hydroxylation is 1. The van der Waals surface area contributed by atoms with Gasteiger partial charge in [-0.15, -0.1) is 0 Å². The molecule has 31 heavy (non-hydrogen) atoms. The molecule has 4 rings (SSSR count). The maximum absolute atomic E-state index is 12.6. The summed E-state index contributed by atoms with van der Waals surface area (Å²) in [4.78, 5) is 29.6. The van der Waals surface area contributed by atoms with Crippen molar-refractivity contribution < 1.29 is 23.8 Å². The van der Waals surface area contributed by atoms with E-state index >= 15 is 0 Å². The average molecular weight is 418 g/mol. The Morgan fingerprint density at radius 1 is 1.00 bits per heavy atom. The smallest absolute Gasteiger partial charge is 0.340 e. The highest BCUT2D eigenvalue weighted by atomic mass is 16.6. The number of nitrogens with zero attached hydrogens (tertiary/aromatic N) is 1. The summed E-state index contributed by atoms with van der Waals surface area (Å²) in [5.74, 6) is 0.144. The van der Waals surface area contributed by atoms with E-state index in [0.717, 1.165) is 11.3 Å². The van der Waals surface area contributed by atoms with Gasteiger partial charge in [-0.3, -0.25) is 9.78 Å². The van der Waals surface area contributed by atoms with Gasteiger partial charge in [-0.2, -0.15) is 0 Å². The number of hydrogen-bond donors (Lipinski definition) is 1. The zero-order chi connectivity index (χ0) is 21.8. The summed E-state index contributed by atoms with van der Waals surface area (Å²) in [7, 11) is 0. The van der Waals surface area contributed by atoms with Gasteiger partial charge in [0.1, 0.15) is 13.2 Å². The Bertz CT molecular complexity index is 1110. The molecule has 1 amide bonds. The molecule has 2 heterocycles. The van der Waals surface area contributed by atoms with Gasteiger partial charge in [-0.05, 0) is 38.1 Å². The fourth-order valence-corrected chi connectivity index (χ4v) is 3.19. The Hall–Kier alpha value is -3.87. The third-order valence-corrected chi connectivity index (χ3v) is 4.84. The lowest BCUT2D eigenvalue weighted by molar-refractivity contribution is -0.123. The molecule has 1 N–H and O–H groups in total. The first-order chi connectivity index (χ1) is 15.0. The maximum atomic E-state index is 12.6. The number of nitrogens with one attached hydrogen (secondary N) is 1. The van der Waals surface area contributed by atoms with Gasteiger partial charge in [0, 0.05) is 17.3 Å². The van der Waals surface area contributed by atoms with Gasteiger partial charge in [0.2, 0.25) is 0 Å². The summed E-state index contributed by atoms with van der Waals surface area (Å²) in [6, 6.07) is 18.2. The highest BCUT2D eigenvalue weighted by molar-refractivity contribution is 5.98. The van der Waals surface area contributed by atoms with Gasteiger partial charge >= 0.3 is 5.97 Å². The van der Waals surface area contributed by atoms with E-state index in [1.54, 1.807) is 37.3 Å². The number of benzene rings is 2. The topological polar surface area (TPSA) is 86.8 Å². The summed E-state index contributed by atoms with van der Waals surface area (Å²) in [6.45, 7) is 4.20. The van der Waals surface area contributed by atoms with Crippen molar-refractivity contribution in [3.63, 3.8) is 0 Å². The molecule has 1 atom stereocenters. The van der Waals surface area contributed by atoms with Crippen LogP contribution in [0.25, 0.3) is 11.3 Å². The van der Waals surface area contributed by atoms with E-state index in [-0.39, 0.29) is 0 Å². The SMILES string of the molecule is Cc1nc(-c2ccccc2)ccc1C(=O)OC(C)C(=O)Nc1ccc2c(c1)OCCO2. The molecule has 158 valence electrons. The van der Waals surface area contributed by atoms with Gasteiger partial charge in [0.25, 0.3) is 5.91 Å². The standard InChI is InChI=1S/C24H22N2O5/c1-15-19(9-10-20(25-15)17-6-4-3-5-7-17)24(28)31-16(2)23(27)26-18-8-11-21-22(14-18)30-13-12-29-21/h3-11,14,16H,12-13H2,1-2H3,(H,26,27). The van der Waals surface area contributed by atoms with Gasteiger partial charge in [0.15, 0.2) is 17.6 Å². The minimum absolute atomic E-state index is 0.318. The summed E-state index contributed by atoms with van der Waals surface area (Å²) < 4.78 is 16.3. The van der Waals surface area contributed by atoms with E-state index < -0.39 is 18.0 Å². The third kappa shape index (κ3) is 4.66. The fourth-order valence-electron chi connectivity index (χ4n) is 3.19. The molecule has 1 aromatic heterocycles. The lowest BCUT2D eigenvalue weighted by atomic mass is 10.1. The molecule has 0 radical (unpaired) electrons. The van der Waals surface area contributed by atoms with Crippen LogP contribution >= 0.6 is 0 Å². The number of fused-ring (bicyclic) bond motifs is 1. The van der Waals surface area contributed by atoms with E-state index in [1.807, 2.05) is 30.3 Å². The van der Waals surface area contributed by atoms with Crippen molar-refractivity contribution in [2.24, 2.45) is 0 Å². The number of anilines is 1. The average Bonchev–Trinajstić information content (AvgIpc) is 2.79. The number of carbonyl (C=O) groups is 2. The number of carbonyl (C=O) groups excluding carboxylic acids is 2. The van der Waals surface area contributed by atoms with Crippen LogP contribution in [0.4, 0.5) is 5.69 Å². The zero-order valence-electron chi connectivity index (χ0n) is 17.3. The molecule has 0 aliphatic carbocycles. The minimum atomic E-state index is -0.992. The van der Waals surface area contributed by atoms with Crippen molar-refractivity contribution in [2.75, 3.05) is 18.5 Å². The van der Waals surface area contributed by atoms with Crippen LogP contribution in [0.1, 0.15) is 23.0 Å².